The zero-order valence-electron chi connectivity index (χ0n) is 26.8. The maximum absolute atomic E-state index is 13.4. The highest BCUT2D eigenvalue weighted by Gasteiger charge is 2.25. The van der Waals surface area contributed by atoms with Crippen molar-refractivity contribution in [3.8, 4) is 28.5 Å². The Morgan fingerprint density at radius 1 is 0.915 bits per heavy atom. The fourth-order valence-corrected chi connectivity index (χ4v) is 5.95. The Bertz CT molecular complexity index is 1840. The molecule has 1 aliphatic carbocycles. The number of para-hydroxylation sites is 1. The smallest absolute Gasteiger partial charge is 0.465 e. The summed E-state index contributed by atoms with van der Waals surface area (Å²) < 4.78 is 25.7. The van der Waals surface area contributed by atoms with E-state index in [-0.39, 0.29) is 11.7 Å². The SMILES string of the molecule is CCOc1nc2cccc(C(=O)O[C@@H](C)OC(=O)OC3CCCCC3)c2n1Cc1ccc(-c2ccccc2-c2nnnn2CC)cc1. The quantitative estimate of drug-likeness (QED) is 0.112. The van der Waals surface area contributed by atoms with Gasteiger partial charge in [0.25, 0.3) is 6.01 Å². The van der Waals surface area contributed by atoms with Gasteiger partial charge in [0.05, 0.1) is 29.7 Å². The molecule has 0 saturated heterocycles. The molecular formula is C35H38N6O6. The minimum atomic E-state index is -1.14. The van der Waals surface area contributed by atoms with Crippen molar-refractivity contribution in [2.45, 2.75) is 78.4 Å². The Hall–Kier alpha value is -5.26. The van der Waals surface area contributed by atoms with Crippen LogP contribution in [0.2, 0.25) is 0 Å². The minimum absolute atomic E-state index is 0.164. The van der Waals surface area contributed by atoms with E-state index in [9.17, 15) is 9.59 Å². The molecule has 0 radical (unpaired) electrons. The fourth-order valence-electron chi connectivity index (χ4n) is 5.95. The molecule has 1 saturated carbocycles. The van der Waals surface area contributed by atoms with Crippen molar-refractivity contribution in [2.75, 3.05) is 6.61 Å². The Balaban J connectivity index is 1.23. The lowest BCUT2D eigenvalue weighted by Gasteiger charge is -2.22. The fraction of sp³-hybridized carbons (Fsp3) is 0.371. The van der Waals surface area contributed by atoms with Gasteiger partial charge < -0.3 is 18.9 Å². The van der Waals surface area contributed by atoms with E-state index in [0.29, 0.717) is 42.6 Å². The summed E-state index contributed by atoms with van der Waals surface area (Å²) in [5.74, 6) is 0.0535. The summed E-state index contributed by atoms with van der Waals surface area (Å²) in [6, 6.07) is 21.8. The standard InChI is InChI=1S/C35H38N6O6/c1-4-41-32(37-38-39-41)28-15-10-9-14-27(28)25-20-18-24(19-21-25)22-40-31-29(16-11-17-30(31)36-34(40)44-5-2)33(42)45-23(3)46-35(43)47-26-12-7-6-8-13-26/h9-11,14-21,23,26H,4-8,12-13,22H2,1-3H3/t23-/m1/s1. The Kier molecular flexibility index (Phi) is 9.75. The van der Waals surface area contributed by atoms with Crippen LogP contribution in [0.4, 0.5) is 4.79 Å². The number of hydrogen-bond acceptors (Lipinski definition) is 10. The van der Waals surface area contributed by atoms with E-state index in [0.717, 1.165) is 54.4 Å². The number of carbonyl (C=O) groups excluding carboxylic acids is 2. The average molecular weight is 639 g/mol. The largest absolute Gasteiger partial charge is 0.511 e. The van der Waals surface area contributed by atoms with E-state index >= 15 is 0 Å². The van der Waals surface area contributed by atoms with Gasteiger partial charge in [0.15, 0.2) is 5.82 Å². The van der Waals surface area contributed by atoms with E-state index in [1.165, 1.54) is 6.92 Å². The lowest BCUT2D eigenvalue weighted by molar-refractivity contribution is -0.0914. The molecule has 3 aromatic carbocycles. The van der Waals surface area contributed by atoms with Crippen LogP contribution in [0.5, 0.6) is 6.01 Å². The van der Waals surface area contributed by atoms with E-state index in [4.69, 9.17) is 18.9 Å². The number of rotatable bonds is 11. The van der Waals surface area contributed by atoms with Crippen LogP contribution in [0.3, 0.4) is 0 Å². The summed E-state index contributed by atoms with van der Waals surface area (Å²) in [4.78, 5) is 30.4. The van der Waals surface area contributed by atoms with Crippen molar-refractivity contribution in [1.82, 2.24) is 29.8 Å². The third-order valence-electron chi connectivity index (χ3n) is 8.18. The van der Waals surface area contributed by atoms with Crippen molar-refractivity contribution >= 4 is 23.2 Å². The van der Waals surface area contributed by atoms with Crippen molar-refractivity contribution in [2.24, 2.45) is 0 Å². The molecule has 0 spiro atoms. The third kappa shape index (κ3) is 7.11. The van der Waals surface area contributed by atoms with Crippen molar-refractivity contribution in [3.63, 3.8) is 0 Å². The number of benzene rings is 3. The number of ether oxygens (including phenoxy) is 4. The molecule has 0 N–H and O–H groups in total. The molecule has 0 bridgehead atoms. The molecule has 1 aliphatic rings. The maximum Gasteiger partial charge on any atom is 0.511 e. The summed E-state index contributed by atoms with van der Waals surface area (Å²) in [5, 5.41) is 12.2. The molecule has 2 heterocycles. The molecule has 1 atom stereocenters. The van der Waals surface area contributed by atoms with Gasteiger partial charge in [0.2, 0.25) is 6.29 Å². The van der Waals surface area contributed by atoms with Crippen LogP contribution in [-0.2, 0) is 27.3 Å². The highest BCUT2D eigenvalue weighted by Crippen LogP contribution is 2.32. The number of carbonyl (C=O) groups is 2. The molecule has 0 amide bonds. The number of nitrogens with zero attached hydrogens (tertiary/aromatic N) is 6. The normalized spacial score (nSPS) is 14.1. The molecule has 244 valence electrons. The van der Waals surface area contributed by atoms with Crippen molar-refractivity contribution < 1.29 is 28.5 Å². The number of aromatic nitrogens is 6. The molecule has 5 aromatic rings. The van der Waals surface area contributed by atoms with Gasteiger partial charge in [-0.25, -0.2) is 14.3 Å². The second kappa shape index (κ2) is 14.4. The summed E-state index contributed by atoms with van der Waals surface area (Å²) >= 11 is 0. The highest BCUT2D eigenvalue weighted by molar-refractivity contribution is 6.02. The topological polar surface area (TPSA) is 132 Å². The Morgan fingerprint density at radius 2 is 1.68 bits per heavy atom. The number of aryl methyl sites for hydroxylation is 1. The molecule has 6 rings (SSSR count). The molecule has 12 nitrogen and oxygen atoms in total. The predicted octanol–water partition coefficient (Wildman–Crippen LogP) is 6.81. The molecule has 1 fully saturated rings. The Morgan fingerprint density at radius 3 is 2.43 bits per heavy atom. The van der Waals surface area contributed by atoms with Crippen LogP contribution in [0.15, 0.2) is 66.7 Å². The first-order valence-electron chi connectivity index (χ1n) is 16.1. The van der Waals surface area contributed by atoms with Crippen LogP contribution in [0, 0.1) is 0 Å². The first kappa shape index (κ1) is 31.7. The van der Waals surface area contributed by atoms with Crippen LogP contribution >= 0.6 is 0 Å². The lowest BCUT2D eigenvalue weighted by Crippen LogP contribution is -2.26. The van der Waals surface area contributed by atoms with E-state index in [1.54, 1.807) is 16.8 Å². The highest BCUT2D eigenvalue weighted by atomic mass is 16.8. The van der Waals surface area contributed by atoms with Crippen LogP contribution < -0.4 is 4.74 Å². The number of esters is 1. The van der Waals surface area contributed by atoms with Gasteiger partial charge in [-0.3, -0.25) is 4.57 Å². The van der Waals surface area contributed by atoms with Gasteiger partial charge >= 0.3 is 12.1 Å². The minimum Gasteiger partial charge on any atom is -0.465 e. The van der Waals surface area contributed by atoms with Crippen LogP contribution in [0.1, 0.15) is 68.8 Å². The van der Waals surface area contributed by atoms with E-state index in [2.05, 4.69) is 20.5 Å². The zero-order valence-corrected chi connectivity index (χ0v) is 26.8. The average Bonchev–Trinajstić information content (AvgIpc) is 3.70. The van der Waals surface area contributed by atoms with Gasteiger partial charge in [-0.2, -0.15) is 4.98 Å². The molecule has 12 heteroatoms. The van der Waals surface area contributed by atoms with E-state index < -0.39 is 18.4 Å². The maximum atomic E-state index is 13.4. The molecule has 0 aliphatic heterocycles. The summed E-state index contributed by atoms with van der Waals surface area (Å²) in [6.07, 6.45) is 2.65. The molecule has 2 aromatic heterocycles. The first-order valence-corrected chi connectivity index (χ1v) is 16.1. The van der Waals surface area contributed by atoms with Gasteiger partial charge in [-0.05, 0) is 78.8 Å². The first-order chi connectivity index (χ1) is 22.9. The second-order valence-electron chi connectivity index (χ2n) is 11.4. The van der Waals surface area contributed by atoms with Crippen LogP contribution in [0.25, 0.3) is 33.5 Å². The molecule has 0 unspecified atom stereocenters. The monoisotopic (exact) mass is 638 g/mol. The summed E-state index contributed by atoms with van der Waals surface area (Å²) in [6.45, 7) is 6.81. The Labute approximate surface area is 272 Å². The lowest BCUT2D eigenvalue weighted by atomic mass is 9.98. The van der Waals surface area contributed by atoms with E-state index in [1.807, 2.05) is 73.0 Å². The molecule has 47 heavy (non-hydrogen) atoms. The van der Waals surface area contributed by atoms with Gasteiger partial charge in [0.1, 0.15) is 6.10 Å². The third-order valence-corrected chi connectivity index (χ3v) is 8.18. The van der Waals surface area contributed by atoms with Crippen molar-refractivity contribution in [1.29, 1.82) is 0 Å². The number of fused-ring (bicyclic) bond motifs is 1. The second-order valence-corrected chi connectivity index (χ2v) is 11.4. The summed E-state index contributed by atoms with van der Waals surface area (Å²) in [7, 11) is 0. The summed E-state index contributed by atoms with van der Waals surface area (Å²) in [5.41, 5.74) is 5.33. The predicted molar refractivity (Wildman–Crippen MR) is 174 cm³/mol. The number of tetrazole rings is 1. The zero-order chi connectivity index (χ0) is 32.8. The van der Waals surface area contributed by atoms with Gasteiger partial charge in [-0.15, -0.1) is 5.10 Å². The van der Waals surface area contributed by atoms with Crippen LogP contribution in [-0.4, -0.2) is 60.9 Å². The van der Waals surface area contributed by atoms with Gasteiger partial charge in [0, 0.05) is 19.0 Å². The van der Waals surface area contributed by atoms with Crippen molar-refractivity contribution in [3.05, 3.63) is 77.9 Å². The number of hydrogen-bond donors (Lipinski definition) is 0. The van der Waals surface area contributed by atoms with Gasteiger partial charge in [-0.1, -0.05) is 61.0 Å². The number of imidazole rings is 1. The molecular weight excluding hydrogens is 600 g/mol.